The van der Waals surface area contributed by atoms with Gasteiger partial charge in [0.05, 0.1) is 25.9 Å². The van der Waals surface area contributed by atoms with Crippen LogP contribution in [0.3, 0.4) is 0 Å². The summed E-state index contributed by atoms with van der Waals surface area (Å²) in [7, 11) is 0. The minimum atomic E-state index is -1.13. The van der Waals surface area contributed by atoms with Gasteiger partial charge in [-0.1, -0.05) is 104 Å². The van der Waals surface area contributed by atoms with Gasteiger partial charge in [0.1, 0.15) is 29.4 Å². The number of ether oxygens (including phenoxy) is 4. The van der Waals surface area contributed by atoms with E-state index in [2.05, 4.69) is 18.1 Å². The van der Waals surface area contributed by atoms with Gasteiger partial charge in [0.2, 0.25) is 0 Å². The molecule has 50 heavy (non-hydrogen) atoms. The van der Waals surface area contributed by atoms with E-state index in [4.69, 9.17) is 18.9 Å². The molecule has 0 spiro atoms. The summed E-state index contributed by atoms with van der Waals surface area (Å²) in [4.78, 5) is 26.9. The summed E-state index contributed by atoms with van der Waals surface area (Å²) < 4.78 is 26.5. The molecule has 1 aromatic heterocycles. The number of hydrogen-bond donors (Lipinski definition) is 2. The Morgan fingerprint density at radius 2 is 1.40 bits per heavy atom. The molecule has 1 aliphatic heterocycles. The summed E-state index contributed by atoms with van der Waals surface area (Å²) >= 11 is 0. The van der Waals surface area contributed by atoms with E-state index in [1.54, 1.807) is 19.1 Å². The van der Waals surface area contributed by atoms with Crippen molar-refractivity contribution in [3.8, 4) is 11.5 Å². The number of allylic oxidation sites excluding steroid dienone is 4. The first-order chi connectivity index (χ1) is 24.3. The lowest BCUT2D eigenvalue weighted by Gasteiger charge is -2.37. The van der Waals surface area contributed by atoms with Crippen LogP contribution in [0.4, 0.5) is 0 Å². The molecule has 0 unspecified atom stereocenters. The number of hydrogen-bond acceptors (Lipinski definition) is 7. The molecule has 1 fully saturated rings. The van der Waals surface area contributed by atoms with E-state index in [-0.39, 0.29) is 13.0 Å². The Morgan fingerprint density at radius 3 is 1.94 bits per heavy atom. The average molecular weight is 677 g/mol. The summed E-state index contributed by atoms with van der Waals surface area (Å²) in [6.07, 6.45) is 11.9. The second-order valence-corrected chi connectivity index (χ2v) is 11.9. The minimum Gasteiger partial charge on any atom is -0.493 e. The Labute approximate surface area is 292 Å². The van der Waals surface area contributed by atoms with Crippen molar-refractivity contribution >= 4 is 0 Å². The van der Waals surface area contributed by atoms with Crippen molar-refractivity contribution in [2.24, 2.45) is 0 Å². The standard InChI is InChI=1S/C41H44N2O7/c1-4-6-8-13-25-47-34-21-17-32(18-22-34)41(31-15-11-10-12-16-31,33-19-23-35(24-20-33)48-26-14-9-7-5-2)49-29-37-36(44)27-38(50-37)43-28-30(3)39(45)42-40(43)46/h4-12,15-24,28,36-38,44H,1-2,13-14,25-27,29H2,3H3,(H,42,45,46)/t36-,37+,38+,41?/m0/s1. The van der Waals surface area contributed by atoms with E-state index in [0.717, 1.165) is 41.0 Å². The molecule has 9 heteroatoms. The SMILES string of the molecule is C=CC=CCCOc1ccc(C(OC[C@H]2O[C@@H](n3cc(C)c(=O)[nH]c3=O)C[C@@H]2O)(c2ccccc2)c2ccc(OCCC=CC=C)cc2)cc1. The molecule has 1 saturated heterocycles. The predicted molar refractivity (Wildman–Crippen MR) is 195 cm³/mol. The number of aliphatic hydroxyl groups is 1. The first-order valence-electron chi connectivity index (χ1n) is 16.7. The van der Waals surface area contributed by atoms with Crippen LogP contribution in [-0.2, 0) is 15.1 Å². The molecule has 0 saturated carbocycles. The fourth-order valence-electron chi connectivity index (χ4n) is 5.91. The maximum Gasteiger partial charge on any atom is 0.330 e. The number of rotatable bonds is 17. The van der Waals surface area contributed by atoms with E-state index in [9.17, 15) is 14.7 Å². The molecule has 260 valence electrons. The second-order valence-electron chi connectivity index (χ2n) is 11.9. The van der Waals surface area contributed by atoms with Gasteiger partial charge in [-0.05, 0) is 60.7 Å². The summed E-state index contributed by atoms with van der Waals surface area (Å²) in [5, 5.41) is 11.1. The van der Waals surface area contributed by atoms with E-state index in [1.165, 1.54) is 10.8 Å². The molecule has 0 aliphatic carbocycles. The third kappa shape index (κ3) is 8.67. The van der Waals surface area contributed by atoms with Gasteiger partial charge < -0.3 is 24.1 Å². The van der Waals surface area contributed by atoms with Crippen LogP contribution in [0.5, 0.6) is 11.5 Å². The zero-order valence-corrected chi connectivity index (χ0v) is 28.3. The summed E-state index contributed by atoms with van der Waals surface area (Å²) in [6, 6.07) is 25.5. The molecule has 0 bridgehead atoms. The fraction of sp³-hybridized carbons (Fsp3) is 0.268. The molecule has 0 amide bonds. The van der Waals surface area contributed by atoms with Crippen LogP contribution in [0, 0.1) is 6.92 Å². The molecule has 2 heterocycles. The summed E-state index contributed by atoms with van der Waals surface area (Å²) in [5.41, 5.74) is 0.708. The first kappa shape index (κ1) is 36.1. The van der Waals surface area contributed by atoms with E-state index < -0.39 is 35.3 Å². The number of nitrogens with one attached hydrogen (secondary N) is 1. The lowest BCUT2D eigenvalue weighted by Crippen LogP contribution is -2.38. The Kier molecular flexibility index (Phi) is 12.6. The van der Waals surface area contributed by atoms with E-state index in [0.29, 0.717) is 18.8 Å². The Morgan fingerprint density at radius 1 is 0.860 bits per heavy atom. The topological polar surface area (TPSA) is 112 Å². The highest BCUT2D eigenvalue weighted by atomic mass is 16.6. The van der Waals surface area contributed by atoms with E-state index >= 15 is 0 Å². The number of aromatic nitrogens is 2. The zero-order chi connectivity index (χ0) is 35.3. The lowest BCUT2D eigenvalue weighted by molar-refractivity contribution is -0.0944. The zero-order valence-electron chi connectivity index (χ0n) is 28.3. The van der Waals surface area contributed by atoms with Crippen molar-refractivity contribution in [1.82, 2.24) is 9.55 Å². The van der Waals surface area contributed by atoms with Crippen LogP contribution in [-0.4, -0.2) is 46.7 Å². The molecule has 3 atom stereocenters. The van der Waals surface area contributed by atoms with Gasteiger partial charge in [0.25, 0.3) is 5.56 Å². The normalized spacial score (nSPS) is 18.6. The van der Waals surface area contributed by atoms with Gasteiger partial charge in [0.15, 0.2) is 0 Å². The molecule has 9 nitrogen and oxygen atoms in total. The Balaban J connectivity index is 1.48. The van der Waals surface area contributed by atoms with Crippen LogP contribution in [0.1, 0.15) is 47.7 Å². The van der Waals surface area contributed by atoms with Crippen molar-refractivity contribution in [1.29, 1.82) is 0 Å². The molecular formula is C41H44N2O7. The van der Waals surface area contributed by atoms with Crippen LogP contribution in [0.25, 0.3) is 0 Å². The minimum absolute atomic E-state index is 0.00851. The Bertz CT molecular complexity index is 1810. The summed E-state index contributed by atoms with van der Waals surface area (Å²) in [5.74, 6) is 1.44. The number of benzene rings is 3. The van der Waals surface area contributed by atoms with Crippen molar-refractivity contribution in [3.05, 3.63) is 178 Å². The van der Waals surface area contributed by atoms with Crippen LogP contribution in [0.15, 0.2) is 144 Å². The van der Waals surface area contributed by atoms with Gasteiger partial charge in [-0.15, -0.1) is 0 Å². The monoisotopic (exact) mass is 676 g/mol. The van der Waals surface area contributed by atoms with Gasteiger partial charge in [-0.2, -0.15) is 0 Å². The highest BCUT2D eigenvalue weighted by Crippen LogP contribution is 2.42. The van der Waals surface area contributed by atoms with Crippen LogP contribution in [0.2, 0.25) is 0 Å². The third-order valence-electron chi connectivity index (χ3n) is 8.48. The number of aromatic amines is 1. The Hall–Kier alpha value is -5.22. The average Bonchev–Trinajstić information content (AvgIpc) is 3.51. The largest absolute Gasteiger partial charge is 0.493 e. The maximum atomic E-state index is 12.6. The number of aliphatic hydroxyl groups excluding tert-OH is 1. The number of nitrogens with zero attached hydrogens (tertiary/aromatic N) is 1. The molecule has 3 aromatic carbocycles. The van der Waals surface area contributed by atoms with Gasteiger partial charge in [-0.25, -0.2) is 4.79 Å². The molecular weight excluding hydrogens is 632 g/mol. The smallest absolute Gasteiger partial charge is 0.330 e. The molecule has 2 N–H and O–H groups in total. The van der Waals surface area contributed by atoms with Crippen molar-refractivity contribution in [2.45, 2.75) is 50.2 Å². The molecule has 0 radical (unpaired) electrons. The highest BCUT2D eigenvalue weighted by molar-refractivity contribution is 5.49. The molecule has 5 rings (SSSR count). The van der Waals surface area contributed by atoms with Crippen molar-refractivity contribution < 1.29 is 24.1 Å². The first-order valence-corrected chi connectivity index (χ1v) is 16.7. The number of aryl methyl sites for hydroxylation is 1. The maximum absolute atomic E-state index is 12.6. The quantitative estimate of drug-likeness (QED) is 0.0744. The molecule has 1 aliphatic rings. The van der Waals surface area contributed by atoms with Crippen LogP contribution >= 0.6 is 0 Å². The second kappa shape index (κ2) is 17.4. The van der Waals surface area contributed by atoms with Gasteiger partial charge in [-0.3, -0.25) is 14.3 Å². The van der Waals surface area contributed by atoms with Crippen molar-refractivity contribution in [3.63, 3.8) is 0 Å². The summed E-state index contributed by atoms with van der Waals surface area (Å²) in [6.45, 7) is 10.0. The van der Waals surface area contributed by atoms with E-state index in [1.807, 2.05) is 103 Å². The predicted octanol–water partition coefficient (Wildman–Crippen LogP) is 6.52. The van der Waals surface area contributed by atoms with Gasteiger partial charge in [0, 0.05) is 18.2 Å². The number of H-pyrrole nitrogens is 1. The fourth-order valence-corrected chi connectivity index (χ4v) is 5.91. The molecule has 4 aromatic rings. The third-order valence-corrected chi connectivity index (χ3v) is 8.48. The van der Waals surface area contributed by atoms with Crippen molar-refractivity contribution in [2.75, 3.05) is 19.8 Å². The lowest BCUT2D eigenvalue weighted by atomic mass is 9.80. The van der Waals surface area contributed by atoms with Gasteiger partial charge >= 0.3 is 5.69 Å². The highest BCUT2D eigenvalue weighted by Gasteiger charge is 2.42. The van der Waals surface area contributed by atoms with Crippen LogP contribution < -0.4 is 20.7 Å².